The second-order valence-corrected chi connectivity index (χ2v) is 7.46. The summed E-state index contributed by atoms with van der Waals surface area (Å²) in [6.07, 6.45) is 0. The summed E-state index contributed by atoms with van der Waals surface area (Å²) in [5.74, 6) is -1.00. The van der Waals surface area contributed by atoms with Gasteiger partial charge < -0.3 is 20.0 Å². The molecular weight excluding hydrogens is 398 g/mol. The summed E-state index contributed by atoms with van der Waals surface area (Å²) in [4.78, 5) is 24.8. The number of nitrogens with one attached hydrogen (secondary N) is 1. The zero-order chi connectivity index (χ0) is 21.1. The molecule has 0 saturated carbocycles. The molecule has 1 amide bonds. The lowest BCUT2D eigenvalue weighted by Crippen LogP contribution is -2.24. The molecule has 1 N–H and O–H groups in total. The summed E-state index contributed by atoms with van der Waals surface area (Å²) in [6, 6.07) is 20.1. The Morgan fingerprint density at radius 1 is 1.00 bits per heavy atom. The van der Waals surface area contributed by atoms with E-state index in [0.717, 1.165) is 22.1 Å². The highest BCUT2D eigenvalue weighted by atomic mass is 32.1. The molecular formula is C24H18NO4S-. The van der Waals surface area contributed by atoms with E-state index in [2.05, 4.69) is 5.32 Å². The number of fused-ring (bicyclic) bond motifs is 1. The first-order chi connectivity index (χ1) is 14.6. The van der Waals surface area contributed by atoms with Crippen molar-refractivity contribution in [3.63, 3.8) is 0 Å². The molecule has 4 rings (SSSR count). The summed E-state index contributed by atoms with van der Waals surface area (Å²) in [6.45, 7) is 2.44. The Labute approximate surface area is 177 Å². The third-order valence-electron chi connectivity index (χ3n) is 4.73. The van der Waals surface area contributed by atoms with Crippen LogP contribution in [0.15, 0.2) is 72.1 Å². The molecule has 1 heterocycles. The number of aromatic carboxylic acids is 1. The smallest absolute Gasteiger partial charge is 0.256 e. The molecule has 30 heavy (non-hydrogen) atoms. The third kappa shape index (κ3) is 3.77. The fraction of sp³-hybridized carbons (Fsp3) is 0.0833. The number of amides is 1. The molecule has 0 aliphatic rings. The Morgan fingerprint density at radius 3 is 2.47 bits per heavy atom. The average Bonchev–Trinajstić information content (AvgIpc) is 3.18. The average molecular weight is 416 g/mol. The number of rotatable bonds is 6. The van der Waals surface area contributed by atoms with Gasteiger partial charge in [-0.25, -0.2) is 0 Å². The van der Waals surface area contributed by atoms with Gasteiger partial charge in [0.15, 0.2) is 0 Å². The molecule has 1 aromatic heterocycles. The summed E-state index contributed by atoms with van der Waals surface area (Å²) >= 11 is 1.16. The fourth-order valence-electron chi connectivity index (χ4n) is 3.36. The number of ether oxygens (including phenoxy) is 1. The van der Waals surface area contributed by atoms with Gasteiger partial charge in [-0.2, -0.15) is 0 Å². The predicted molar refractivity (Wildman–Crippen MR) is 117 cm³/mol. The van der Waals surface area contributed by atoms with E-state index in [0.29, 0.717) is 29.0 Å². The van der Waals surface area contributed by atoms with Crippen LogP contribution < -0.4 is 15.2 Å². The largest absolute Gasteiger partial charge is 0.545 e. The summed E-state index contributed by atoms with van der Waals surface area (Å²) in [5, 5.41) is 18.3. The van der Waals surface area contributed by atoms with Crippen molar-refractivity contribution in [3.8, 4) is 16.9 Å². The summed E-state index contributed by atoms with van der Waals surface area (Å²) in [7, 11) is 0. The Bertz CT molecular complexity index is 1220. The van der Waals surface area contributed by atoms with Crippen molar-refractivity contribution in [3.05, 3.63) is 83.2 Å². The number of carbonyl (C=O) groups is 2. The maximum absolute atomic E-state index is 12.9. The maximum Gasteiger partial charge on any atom is 0.256 e. The topological polar surface area (TPSA) is 78.5 Å². The van der Waals surface area contributed by atoms with Gasteiger partial charge in [-0.15, -0.1) is 11.3 Å². The molecule has 150 valence electrons. The molecule has 0 radical (unpaired) electrons. The lowest BCUT2D eigenvalue weighted by atomic mass is 10.0. The van der Waals surface area contributed by atoms with Crippen molar-refractivity contribution in [1.82, 2.24) is 0 Å². The standard InChI is InChI=1S/C24H19NO4S/c1-2-29-17-12-10-16(11-13-17)20-14-30-23(21(20)24(27)28)25-22(26)19-9-5-7-15-6-3-4-8-18(15)19/h3-14H,2H2,1H3,(H,25,26)(H,27,28)/p-1. The SMILES string of the molecule is CCOc1ccc(-c2csc(NC(=O)c3cccc4ccccc34)c2C(=O)[O-])cc1. The van der Waals surface area contributed by atoms with Crippen molar-refractivity contribution in [2.24, 2.45) is 0 Å². The number of anilines is 1. The normalized spacial score (nSPS) is 10.7. The predicted octanol–water partition coefficient (Wildman–Crippen LogP) is 4.58. The Hall–Kier alpha value is -3.64. The van der Waals surface area contributed by atoms with Gasteiger partial charge in [-0.05, 0) is 41.5 Å². The van der Waals surface area contributed by atoms with Gasteiger partial charge in [0.25, 0.3) is 5.91 Å². The Balaban J connectivity index is 1.68. The minimum absolute atomic E-state index is 0.0299. The van der Waals surface area contributed by atoms with Crippen molar-refractivity contribution < 1.29 is 19.4 Å². The molecule has 0 unspecified atom stereocenters. The number of hydrogen-bond donors (Lipinski definition) is 1. The Kier molecular flexibility index (Phi) is 5.50. The van der Waals surface area contributed by atoms with Gasteiger partial charge in [-0.3, -0.25) is 4.79 Å². The van der Waals surface area contributed by atoms with Crippen LogP contribution in [0.3, 0.4) is 0 Å². The molecule has 3 aromatic carbocycles. The first-order valence-corrected chi connectivity index (χ1v) is 10.3. The van der Waals surface area contributed by atoms with E-state index in [1.807, 2.05) is 37.3 Å². The molecule has 5 nitrogen and oxygen atoms in total. The van der Waals surface area contributed by atoms with Crippen LogP contribution in [0, 0.1) is 0 Å². The van der Waals surface area contributed by atoms with E-state index >= 15 is 0 Å². The molecule has 0 atom stereocenters. The van der Waals surface area contributed by atoms with E-state index in [1.165, 1.54) is 0 Å². The second-order valence-electron chi connectivity index (χ2n) is 6.58. The number of carbonyl (C=O) groups excluding carboxylic acids is 2. The molecule has 0 bridgehead atoms. The van der Waals surface area contributed by atoms with Crippen LogP contribution in [0.25, 0.3) is 21.9 Å². The van der Waals surface area contributed by atoms with Crippen LogP contribution in [0.5, 0.6) is 5.75 Å². The van der Waals surface area contributed by atoms with E-state index in [4.69, 9.17) is 4.74 Å². The van der Waals surface area contributed by atoms with Crippen molar-refractivity contribution in [2.45, 2.75) is 6.92 Å². The Morgan fingerprint density at radius 2 is 1.73 bits per heavy atom. The highest BCUT2D eigenvalue weighted by molar-refractivity contribution is 7.15. The van der Waals surface area contributed by atoms with Gasteiger partial charge in [-0.1, -0.05) is 48.5 Å². The van der Waals surface area contributed by atoms with Gasteiger partial charge in [0.1, 0.15) is 10.8 Å². The van der Waals surface area contributed by atoms with Crippen LogP contribution in [-0.4, -0.2) is 18.5 Å². The molecule has 4 aromatic rings. The van der Waals surface area contributed by atoms with Crippen LogP contribution >= 0.6 is 11.3 Å². The zero-order valence-electron chi connectivity index (χ0n) is 16.2. The van der Waals surface area contributed by atoms with Gasteiger partial charge >= 0.3 is 0 Å². The highest BCUT2D eigenvalue weighted by Crippen LogP contribution is 2.36. The van der Waals surface area contributed by atoms with E-state index in [1.54, 1.807) is 41.8 Å². The van der Waals surface area contributed by atoms with Crippen molar-refractivity contribution >= 4 is 39.0 Å². The zero-order valence-corrected chi connectivity index (χ0v) is 17.0. The van der Waals surface area contributed by atoms with Gasteiger partial charge in [0.2, 0.25) is 0 Å². The molecule has 0 aliphatic carbocycles. The van der Waals surface area contributed by atoms with Crippen LogP contribution in [0.1, 0.15) is 27.6 Å². The van der Waals surface area contributed by atoms with Crippen molar-refractivity contribution in [2.75, 3.05) is 11.9 Å². The first-order valence-electron chi connectivity index (χ1n) is 9.43. The lowest BCUT2D eigenvalue weighted by Gasteiger charge is -2.11. The van der Waals surface area contributed by atoms with Crippen molar-refractivity contribution in [1.29, 1.82) is 0 Å². The van der Waals surface area contributed by atoms with E-state index in [9.17, 15) is 14.7 Å². The highest BCUT2D eigenvalue weighted by Gasteiger charge is 2.18. The molecule has 0 fully saturated rings. The minimum Gasteiger partial charge on any atom is -0.545 e. The molecule has 0 aliphatic heterocycles. The number of thiophene rings is 1. The van der Waals surface area contributed by atoms with E-state index < -0.39 is 5.97 Å². The third-order valence-corrected chi connectivity index (χ3v) is 5.63. The summed E-state index contributed by atoms with van der Waals surface area (Å²) < 4.78 is 5.43. The summed E-state index contributed by atoms with van der Waals surface area (Å²) in [5.41, 5.74) is 1.65. The van der Waals surface area contributed by atoms with Gasteiger partial charge in [0.05, 0.1) is 12.6 Å². The second kappa shape index (κ2) is 8.39. The number of carboxylic acid groups (broad SMARTS) is 1. The first kappa shape index (κ1) is 19.7. The fourth-order valence-corrected chi connectivity index (χ4v) is 4.31. The quantitative estimate of drug-likeness (QED) is 0.499. The van der Waals surface area contributed by atoms with Crippen LogP contribution in [0.2, 0.25) is 0 Å². The number of carboxylic acids is 1. The lowest BCUT2D eigenvalue weighted by molar-refractivity contribution is -0.254. The molecule has 6 heteroatoms. The van der Waals surface area contributed by atoms with Gasteiger partial charge in [0, 0.05) is 22.1 Å². The molecule has 0 spiro atoms. The number of benzene rings is 3. The maximum atomic E-state index is 12.9. The van der Waals surface area contributed by atoms with Crippen LogP contribution in [-0.2, 0) is 0 Å². The number of hydrogen-bond acceptors (Lipinski definition) is 5. The van der Waals surface area contributed by atoms with Crippen LogP contribution in [0.4, 0.5) is 5.00 Å². The minimum atomic E-state index is -1.34. The van der Waals surface area contributed by atoms with E-state index in [-0.39, 0.29) is 16.5 Å². The molecule has 0 saturated heterocycles. The monoisotopic (exact) mass is 416 g/mol.